The van der Waals surface area contributed by atoms with Crippen molar-refractivity contribution < 1.29 is 18.3 Å². The van der Waals surface area contributed by atoms with E-state index >= 15 is 0 Å². The third kappa shape index (κ3) is 8.91. The summed E-state index contributed by atoms with van der Waals surface area (Å²) < 4.78 is 28.4. The second kappa shape index (κ2) is 15.8. The first-order chi connectivity index (χ1) is 18.6. The first-order valence-corrected chi connectivity index (χ1v) is 15.8. The third-order valence-electron chi connectivity index (χ3n) is 6.43. The van der Waals surface area contributed by atoms with E-state index in [1.165, 1.54) is 0 Å². The number of hydrogen-bond acceptors (Lipinski definition) is 8. The predicted octanol–water partition coefficient (Wildman–Crippen LogP) is 7.50. The Balaban J connectivity index is 2.60. The Bertz CT molecular complexity index is 1180. The lowest BCUT2D eigenvalue weighted by Crippen LogP contribution is -2.28. The molecule has 0 aliphatic rings. The number of benzene rings is 2. The molecule has 2 rings (SSSR count). The SMILES string of the molecule is CCCCCCN(CCCCCC)c1c([N+](=O)[O-])cc(S(=O)(=O)N(CC)Sc2ccccc2C)cc1[N+](=O)[O-]. The molecule has 0 heterocycles. The maximum atomic E-state index is 13.6. The number of nitro groups is 2. The highest BCUT2D eigenvalue weighted by atomic mass is 32.3. The van der Waals surface area contributed by atoms with Crippen LogP contribution >= 0.6 is 11.9 Å². The highest BCUT2D eigenvalue weighted by molar-refractivity contribution is 8.08. The van der Waals surface area contributed by atoms with Gasteiger partial charge in [0, 0.05) is 36.7 Å². The van der Waals surface area contributed by atoms with Crippen LogP contribution in [0.1, 0.15) is 77.7 Å². The highest BCUT2D eigenvalue weighted by Crippen LogP contribution is 2.42. The topological polar surface area (TPSA) is 127 Å². The van der Waals surface area contributed by atoms with E-state index in [2.05, 4.69) is 13.8 Å². The van der Waals surface area contributed by atoms with Gasteiger partial charge in [0.2, 0.25) is 0 Å². The standard InChI is InChI=1S/C27H40N4O6S2/c1-5-8-10-14-18-28(19-15-11-9-6-2)27-24(30(32)33)20-23(21-25(27)31(34)35)39(36,37)29(7-3)38-26-17-13-12-16-22(26)4/h12-13,16-17,20-21H,5-11,14-15,18-19H2,1-4H3. The number of sulfonamides is 1. The van der Waals surface area contributed by atoms with E-state index in [9.17, 15) is 28.6 Å². The summed E-state index contributed by atoms with van der Waals surface area (Å²) in [4.78, 5) is 25.0. The van der Waals surface area contributed by atoms with Gasteiger partial charge in [-0.3, -0.25) is 20.2 Å². The number of unbranched alkanes of at least 4 members (excludes halogenated alkanes) is 6. The van der Waals surface area contributed by atoms with Crippen molar-refractivity contribution in [1.82, 2.24) is 3.71 Å². The van der Waals surface area contributed by atoms with Crippen molar-refractivity contribution in [2.45, 2.75) is 88.9 Å². The van der Waals surface area contributed by atoms with E-state index in [-0.39, 0.29) is 12.2 Å². The minimum absolute atomic E-state index is 0.0612. The largest absolute Gasteiger partial charge is 0.360 e. The van der Waals surface area contributed by atoms with Crippen LogP contribution < -0.4 is 4.90 Å². The first-order valence-electron chi connectivity index (χ1n) is 13.6. The molecule has 0 aliphatic heterocycles. The summed E-state index contributed by atoms with van der Waals surface area (Å²) >= 11 is 0.983. The van der Waals surface area contributed by atoms with Gasteiger partial charge in [-0.15, -0.1) is 3.71 Å². The zero-order chi connectivity index (χ0) is 29.0. The van der Waals surface area contributed by atoms with Crippen LogP contribution in [0.15, 0.2) is 46.2 Å². The van der Waals surface area contributed by atoms with Gasteiger partial charge in [0.25, 0.3) is 10.0 Å². The van der Waals surface area contributed by atoms with Gasteiger partial charge in [0.05, 0.1) is 14.7 Å². The van der Waals surface area contributed by atoms with Crippen LogP contribution in [0.5, 0.6) is 0 Å². The van der Waals surface area contributed by atoms with Crippen LogP contribution in [0, 0.1) is 27.2 Å². The summed E-state index contributed by atoms with van der Waals surface area (Å²) in [5, 5.41) is 24.5. The summed E-state index contributed by atoms with van der Waals surface area (Å²) in [6, 6.07) is 9.21. The summed E-state index contributed by atoms with van der Waals surface area (Å²) in [5.74, 6) is 0. The number of aryl methyl sites for hydroxylation is 1. The van der Waals surface area contributed by atoms with Gasteiger partial charge in [0.15, 0.2) is 5.69 Å². The van der Waals surface area contributed by atoms with E-state index < -0.39 is 36.1 Å². The fourth-order valence-electron chi connectivity index (χ4n) is 4.29. The van der Waals surface area contributed by atoms with Crippen molar-refractivity contribution >= 4 is 39.0 Å². The number of anilines is 1. The lowest BCUT2D eigenvalue weighted by molar-refractivity contribution is -0.393. The summed E-state index contributed by atoms with van der Waals surface area (Å²) in [6.07, 6.45) is 7.27. The molecule has 0 atom stereocenters. The number of nitrogens with zero attached hydrogens (tertiary/aromatic N) is 4. The third-order valence-corrected chi connectivity index (χ3v) is 9.99. The molecule has 0 aromatic heterocycles. The monoisotopic (exact) mass is 580 g/mol. The van der Waals surface area contributed by atoms with Crippen molar-refractivity contribution in [3.63, 3.8) is 0 Å². The molecular weight excluding hydrogens is 540 g/mol. The average molecular weight is 581 g/mol. The van der Waals surface area contributed by atoms with Gasteiger partial charge >= 0.3 is 11.4 Å². The fourth-order valence-corrected chi connectivity index (χ4v) is 6.98. The Morgan fingerprint density at radius 3 is 1.77 bits per heavy atom. The number of hydrogen-bond donors (Lipinski definition) is 0. The molecule has 0 unspecified atom stereocenters. The van der Waals surface area contributed by atoms with Crippen molar-refractivity contribution in [2.75, 3.05) is 24.5 Å². The van der Waals surface area contributed by atoms with Crippen molar-refractivity contribution in [3.05, 3.63) is 62.2 Å². The van der Waals surface area contributed by atoms with Crippen LogP contribution in [0.4, 0.5) is 17.1 Å². The normalized spacial score (nSPS) is 11.6. The van der Waals surface area contributed by atoms with E-state index in [1.54, 1.807) is 24.0 Å². The molecule has 216 valence electrons. The summed E-state index contributed by atoms with van der Waals surface area (Å²) in [7, 11) is -4.30. The predicted molar refractivity (Wildman–Crippen MR) is 157 cm³/mol. The van der Waals surface area contributed by atoms with Crippen LogP contribution in [0.2, 0.25) is 0 Å². The zero-order valence-electron chi connectivity index (χ0n) is 23.3. The van der Waals surface area contributed by atoms with Gasteiger partial charge in [-0.2, -0.15) is 0 Å². The quantitative estimate of drug-likeness (QED) is 0.0767. The van der Waals surface area contributed by atoms with E-state index in [0.29, 0.717) is 18.0 Å². The van der Waals surface area contributed by atoms with E-state index in [0.717, 1.165) is 84.7 Å². The molecule has 0 spiro atoms. The van der Waals surface area contributed by atoms with Crippen LogP contribution in [-0.2, 0) is 10.0 Å². The molecule has 12 heteroatoms. The molecular formula is C27H40N4O6S2. The Morgan fingerprint density at radius 1 is 0.821 bits per heavy atom. The van der Waals surface area contributed by atoms with Gasteiger partial charge in [-0.25, -0.2) is 8.42 Å². The molecule has 39 heavy (non-hydrogen) atoms. The Labute approximate surface area is 236 Å². The van der Waals surface area contributed by atoms with Gasteiger partial charge in [-0.05, 0) is 43.3 Å². The molecule has 0 N–H and O–H groups in total. The van der Waals surface area contributed by atoms with Gasteiger partial charge in [-0.1, -0.05) is 77.5 Å². The van der Waals surface area contributed by atoms with Crippen LogP contribution in [0.25, 0.3) is 0 Å². The van der Waals surface area contributed by atoms with Gasteiger partial charge < -0.3 is 4.90 Å². The smallest absolute Gasteiger partial charge is 0.301 e. The summed E-state index contributed by atoms with van der Waals surface area (Å²) in [5.41, 5.74) is -0.381. The van der Waals surface area contributed by atoms with Crippen molar-refractivity contribution in [2.24, 2.45) is 0 Å². The van der Waals surface area contributed by atoms with Crippen molar-refractivity contribution in [1.29, 1.82) is 0 Å². The second-order valence-electron chi connectivity index (χ2n) is 9.41. The first kappa shape index (κ1) is 32.5. The maximum Gasteiger partial charge on any atom is 0.301 e. The highest BCUT2D eigenvalue weighted by Gasteiger charge is 2.36. The molecule has 0 saturated carbocycles. The van der Waals surface area contributed by atoms with E-state index in [1.807, 2.05) is 19.1 Å². The molecule has 0 amide bonds. The molecule has 0 saturated heterocycles. The van der Waals surface area contributed by atoms with Crippen LogP contribution in [0.3, 0.4) is 0 Å². The molecule has 0 fully saturated rings. The summed E-state index contributed by atoms with van der Waals surface area (Å²) in [6.45, 7) is 8.56. The average Bonchev–Trinajstić information content (AvgIpc) is 2.90. The lowest BCUT2D eigenvalue weighted by atomic mass is 10.1. The number of rotatable bonds is 18. The molecule has 0 bridgehead atoms. The molecule has 2 aromatic carbocycles. The molecule has 2 aromatic rings. The number of nitro benzene ring substituents is 2. The van der Waals surface area contributed by atoms with Crippen molar-refractivity contribution in [3.8, 4) is 0 Å². The Hall–Kier alpha value is -2.70. The van der Waals surface area contributed by atoms with E-state index in [4.69, 9.17) is 0 Å². The Kier molecular flexibility index (Phi) is 13.2. The lowest BCUT2D eigenvalue weighted by Gasteiger charge is -2.25. The van der Waals surface area contributed by atoms with Gasteiger partial charge in [0.1, 0.15) is 0 Å². The minimum Gasteiger partial charge on any atom is -0.360 e. The maximum absolute atomic E-state index is 13.6. The fraction of sp³-hybridized carbons (Fsp3) is 0.556. The Morgan fingerprint density at radius 2 is 1.33 bits per heavy atom. The molecule has 0 radical (unpaired) electrons. The molecule has 10 nitrogen and oxygen atoms in total. The second-order valence-corrected chi connectivity index (χ2v) is 12.6. The zero-order valence-corrected chi connectivity index (χ0v) is 24.9. The van der Waals surface area contributed by atoms with Crippen LogP contribution in [-0.4, -0.2) is 41.6 Å². The molecule has 0 aliphatic carbocycles. The minimum atomic E-state index is -4.30.